The monoisotopic (exact) mass is 703 g/mol. The lowest BCUT2D eigenvalue weighted by atomic mass is 10.0. The van der Waals surface area contributed by atoms with Gasteiger partial charge in [-0.25, -0.2) is 13.6 Å². The van der Waals surface area contributed by atoms with Gasteiger partial charge in [-0.2, -0.15) is 8.78 Å². The van der Waals surface area contributed by atoms with Crippen molar-refractivity contribution in [2.75, 3.05) is 25.7 Å². The molecule has 5 rings (SSSR count). The number of hydrogen-bond donors (Lipinski definition) is 3. The normalized spacial score (nSPS) is 16.8. The van der Waals surface area contributed by atoms with Crippen molar-refractivity contribution < 1.29 is 65.6 Å². The van der Waals surface area contributed by atoms with Gasteiger partial charge in [-0.05, 0) is 36.1 Å². The second kappa shape index (κ2) is 14.7. The van der Waals surface area contributed by atoms with Crippen molar-refractivity contribution in [2.45, 2.75) is 43.8 Å². The summed E-state index contributed by atoms with van der Waals surface area (Å²) in [7, 11) is 2.82. The van der Waals surface area contributed by atoms with Crippen LogP contribution >= 0.6 is 0 Å². The first-order chi connectivity index (χ1) is 23.8. The first-order valence-corrected chi connectivity index (χ1v) is 15.0. The third-order valence-electron chi connectivity index (χ3n) is 8.08. The summed E-state index contributed by atoms with van der Waals surface area (Å²) < 4.78 is 75.7. The highest BCUT2D eigenvalue weighted by atomic mass is 19.2. The van der Waals surface area contributed by atoms with Crippen LogP contribution in [0.25, 0.3) is 0 Å². The summed E-state index contributed by atoms with van der Waals surface area (Å²) >= 11 is 0. The molecule has 3 amide bonds. The fraction of sp³-hybridized carbons (Fsp3) is 0.303. The first kappa shape index (κ1) is 35.4. The molecule has 264 valence electrons. The smallest absolute Gasteiger partial charge is 0.413 e. The van der Waals surface area contributed by atoms with Crippen molar-refractivity contribution in [1.29, 1.82) is 0 Å². The summed E-state index contributed by atoms with van der Waals surface area (Å²) in [4.78, 5) is 66.3. The molecule has 13 nitrogen and oxygen atoms in total. The fourth-order valence-electron chi connectivity index (χ4n) is 5.74. The molecule has 3 unspecified atom stereocenters. The number of methoxy groups -OCH3 is 2. The van der Waals surface area contributed by atoms with Crippen LogP contribution in [0.15, 0.2) is 42.5 Å². The highest BCUT2D eigenvalue weighted by Crippen LogP contribution is 2.39. The number of aliphatic carboxylic acids is 1. The topological polar surface area (TPSA) is 170 Å². The number of nitrogens with one attached hydrogen (secondary N) is 2. The van der Waals surface area contributed by atoms with E-state index < -0.39 is 89.8 Å². The molecule has 0 saturated carbocycles. The van der Waals surface area contributed by atoms with Crippen molar-refractivity contribution in [3.63, 3.8) is 0 Å². The summed E-state index contributed by atoms with van der Waals surface area (Å²) in [5, 5.41) is 14.2. The number of hydrogen-bond acceptors (Lipinski definition) is 9. The Morgan fingerprint density at radius 1 is 0.960 bits per heavy atom. The average molecular weight is 704 g/mol. The van der Waals surface area contributed by atoms with Crippen LogP contribution in [0, 0.1) is 23.3 Å². The molecule has 2 aliphatic rings. The number of carboxylic acid groups (broad SMARTS) is 1. The average Bonchev–Trinajstić information content (AvgIpc) is 3.42. The Kier molecular flexibility index (Phi) is 10.4. The molecule has 0 saturated heterocycles. The Labute approximate surface area is 281 Å². The number of ketones is 1. The lowest BCUT2D eigenvalue weighted by Crippen LogP contribution is -2.57. The zero-order chi connectivity index (χ0) is 36.3. The molecule has 50 heavy (non-hydrogen) atoms. The summed E-state index contributed by atoms with van der Waals surface area (Å²) in [5.41, 5.74) is 1.69. The number of nitrogens with zero attached hydrogens (tertiary/aromatic N) is 1. The maximum atomic E-state index is 14.1. The van der Waals surface area contributed by atoms with Crippen molar-refractivity contribution in [1.82, 2.24) is 10.6 Å². The zero-order valence-corrected chi connectivity index (χ0v) is 26.4. The van der Waals surface area contributed by atoms with Gasteiger partial charge in [-0.15, -0.1) is 0 Å². The number of carbonyl (C=O) groups is 5. The maximum absolute atomic E-state index is 14.1. The van der Waals surface area contributed by atoms with Crippen molar-refractivity contribution in [3.05, 3.63) is 76.9 Å². The molecule has 0 radical (unpaired) electrons. The van der Waals surface area contributed by atoms with Gasteiger partial charge >= 0.3 is 12.1 Å². The molecule has 3 aromatic rings. The minimum absolute atomic E-state index is 0.0486. The molecule has 3 atom stereocenters. The minimum atomic E-state index is -1.93. The van der Waals surface area contributed by atoms with Gasteiger partial charge in [-0.1, -0.05) is 18.2 Å². The van der Waals surface area contributed by atoms with E-state index in [-0.39, 0.29) is 30.4 Å². The van der Waals surface area contributed by atoms with Gasteiger partial charge in [0.25, 0.3) is 0 Å². The summed E-state index contributed by atoms with van der Waals surface area (Å²) in [5.74, 6) is -12.7. The lowest BCUT2D eigenvalue weighted by molar-refractivity contribution is -0.140. The van der Waals surface area contributed by atoms with E-state index in [0.717, 1.165) is 4.90 Å². The van der Waals surface area contributed by atoms with Crippen LogP contribution in [0.5, 0.6) is 23.0 Å². The number of benzene rings is 3. The number of Topliss-reactive ketones (excluding diaryl/α,β-unsaturated/α-hetero) is 1. The number of carboxylic acids is 1. The number of ether oxygens (including phenoxy) is 4. The van der Waals surface area contributed by atoms with E-state index in [4.69, 9.17) is 14.2 Å². The quantitative estimate of drug-likeness (QED) is 0.188. The van der Waals surface area contributed by atoms with Crippen LogP contribution in [0.3, 0.4) is 0 Å². The van der Waals surface area contributed by atoms with Gasteiger partial charge in [0.05, 0.1) is 26.3 Å². The largest absolute Gasteiger partial charge is 0.493 e. The predicted octanol–water partition coefficient (Wildman–Crippen LogP) is 3.23. The van der Waals surface area contributed by atoms with E-state index >= 15 is 0 Å². The van der Waals surface area contributed by atoms with E-state index in [1.54, 1.807) is 18.2 Å². The SMILES string of the molecule is COc1ccc(OC(=O)NC2CCc3cccc4c3N(C2=O)C(C(=O)NC(CC(=O)O)C(=O)COc2c(F)c(F)cc(F)c2F)C4)cc1OC. The van der Waals surface area contributed by atoms with Crippen molar-refractivity contribution in [3.8, 4) is 23.0 Å². The Bertz CT molecular complexity index is 1850. The molecule has 0 aromatic heterocycles. The first-order valence-electron chi connectivity index (χ1n) is 15.0. The van der Waals surface area contributed by atoms with Gasteiger partial charge in [0, 0.05) is 18.6 Å². The lowest BCUT2D eigenvalue weighted by Gasteiger charge is -2.28. The summed E-state index contributed by atoms with van der Waals surface area (Å²) in [6.45, 7) is -1.28. The van der Waals surface area contributed by atoms with E-state index in [1.807, 2.05) is 0 Å². The third kappa shape index (κ3) is 7.25. The zero-order valence-electron chi connectivity index (χ0n) is 26.4. The second-order valence-electron chi connectivity index (χ2n) is 11.2. The Morgan fingerprint density at radius 3 is 2.30 bits per heavy atom. The molecule has 2 aliphatic heterocycles. The second-order valence-corrected chi connectivity index (χ2v) is 11.2. The number of carbonyl (C=O) groups excluding carboxylic acids is 4. The Balaban J connectivity index is 1.33. The predicted molar refractivity (Wildman–Crippen MR) is 163 cm³/mol. The van der Waals surface area contributed by atoms with Crippen LogP contribution in [0.2, 0.25) is 0 Å². The molecule has 3 aromatic carbocycles. The van der Waals surface area contributed by atoms with Gasteiger partial charge in [0.1, 0.15) is 30.5 Å². The molecule has 0 spiro atoms. The molecule has 0 fully saturated rings. The maximum Gasteiger partial charge on any atom is 0.413 e. The number of rotatable bonds is 12. The highest BCUT2D eigenvalue weighted by Gasteiger charge is 2.45. The van der Waals surface area contributed by atoms with E-state index in [1.165, 1.54) is 32.4 Å². The number of para-hydroxylation sites is 1. The molecule has 0 bridgehead atoms. The molecule has 0 aliphatic carbocycles. The van der Waals surface area contributed by atoms with E-state index in [9.17, 15) is 46.6 Å². The van der Waals surface area contributed by atoms with E-state index in [0.29, 0.717) is 29.0 Å². The Morgan fingerprint density at radius 2 is 1.64 bits per heavy atom. The summed E-state index contributed by atoms with van der Waals surface area (Å²) in [6, 6.07) is 5.09. The number of anilines is 1. The highest BCUT2D eigenvalue weighted by molar-refractivity contribution is 6.08. The van der Waals surface area contributed by atoms with Crippen molar-refractivity contribution in [2.24, 2.45) is 0 Å². The molecule has 3 N–H and O–H groups in total. The van der Waals surface area contributed by atoms with Crippen LogP contribution < -0.4 is 34.5 Å². The fourth-order valence-corrected chi connectivity index (χ4v) is 5.74. The van der Waals surface area contributed by atoms with Crippen molar-refractivity contribution >= 4 is 35.3 Å². The standard InChI is InChI=1S/C33H29F4N3O10/c1-47-24-9-7-17(11-25(24)48-2)50-33(46)39-20-8-6-15-4-3-5-16-10-22(40(29(15)16)32(20)45)31(44)38-21(13-26(42)43)23(41)14-49-30-27(36)18(34)12-19(35)28(30)37/h3-5,7,9,11-12,20-22H,6,8,10,13-14H2,1-2H3,(H,38,44)(H,39,46)(H,42,43). The van der Waals surface area contributed by atoms with Gasteiger partial charge in [-0.3, -0.25) is 24.1 Å². The van der Waals surface area contributed by atoms with Crippen LogP contribution in [0.4, 0.5) is 28.0 Å². The van der Waals surface area contributed by atoms with E-state index in [2.05, 4.69) is 15.4 Å². The minimum Gasteiger partial charge on any atom is -0.493 e. The summed E-state index contributed by atoms with van der Waals surface area (Å²) in [6.07, 6.45) is -1.62. The molecular formula is C33H29F4N3O10. The van der Waals surface area contributed by atoms with Gasteiger partial charge < -0.3 is 34.7 Å². The van der Waals surface area contributed by atoms with Gasteiger partial charge in [0.2, 0.25) is 23.4 Å². The molecule has 17 heteroatoms. The van der Waals surface area contributed by atoms with Crippen LogP contribution in [-0.4, -0.2) is 73.7 Å². The number of aryl methyl sites for hydroxylation is 1. The molecule has 2 heterocycles. The Hall–Kier alpha value is -5.87. The van der Waals surface area contributed by atoms with Crippen LogP contribution in [-0.2, 0) is 32.0 Å². The molecular weight excluding hydrogens is 674 g/mol. The number of halogens is 4. The third-order valence-corrected chi connectivity index (χ3v) is 8.08. The van der Waals surface area contributed by atoms with Crippen LogP contribution in [0.1, 0.15) is 24.0 Å². The van der Waals surface area contributed by atoms with Gasteiger partial charge in [0.15, 0.2) is 34.7 Å². The number of amides is 3.